The van der Waals surface area contributed by atoms with Gasteiger partial charge in [0.15, 0.2) is 6.04 Å². The molecule has 2 atom stereocenters. The SMILES string of the molecule is C[C@H]([NH2+][C@H](C)C(=O)Nc1cccc(C#N)c1)c1cccc(Cl)c1. The molecule has 0 saturated carbocycles. The van der Waals surface area contributed by atoms with E-state index in [9.17, 15) is 4.79 Å². The fourth-order valence-corrected chi connectivity index (χ4v) is 2.54. The monoisotopic (exact) mass is 328 g/mol. The van der Waals surface area contributed by atoms with Gasteiger partial charge in [0.05, 0.1) is 11.6 Å². The summed E-state index contributed by atoms with van der Waals surface area (Å²) in [4.78, 5) is 12.3. The number of nitrogens with two attached hydrogens (primary N) is 1. The highest BCUT2D eigenvalue weighted by atomic mass is 35.5. The van der Waals surface area contributed by atoms with Crippen LogP contribution in [0.3, 0.4) is 0 Å². The molecule has 2 aromatic carbocycles. The van der Waals surface area contributed by atoms with Gasteiger partial charge in [-0.25, -0.2) is 0 Å². The number of hydrogen-bond donors (Lipinski definition) is 2. The zero-order valence-electron chi connectivity index (χ0n) is 13.1. The zero-order chi connectivity index (χ0) is 16.8. The lowest BCUT2D eigenvalue weighted by molar-refractivity contribution is -0.709. The van der Waals surface area contributed by atoms with Crippen molar-refractivity contribution >= 4 is 23.2 Å². The van der Waals surface area contributed by atoms with E-state index in [1.165, 1.54) is 0 Å². The second-order valence-corrected chi connectivity index (χ2v) is 5.94. The number of rotatable bonds is 5. The molecule has 0 unspecified atom stereocenters. The molecule has 3 N–H and O–H groups in total. The van der Waals surface area contributed by atoms with Crippen molar-refractivity contribution in [2.45, 2.75) is 25.9 Å². The van der Waals surface area contributed by atoms with E-state index < -0.39 is 0 Å². The summed E-state index contributed by atoms with van der Waals surface area (Å²) in [6, 6.07) is 16.4. The van der Waals surface area contributed by atoms with Crippen LogP contribution in [-0.2, 0) is 4.79 Å². The van der Waals surface area contributed by atoms with E-state index >= 15 is 0 Å². The number of carbonyl (C=O) groups is 1. The van der Waals surface area contributed by atoms with Crippen molar-refractivity contribution in [1.82, 2.24) is 0 Å². The van der Waals surface area contributed by atoms with Gasteiger partial charge in [0, 0.05) is 16.3 Å². The number of carbonyl (C=O) groups excluding carboxylic acids is 1. The second-order valence-electron chi connectivity index (χ2n) is 5.51. The van der Waals surface area contributed by atoms with Crippen LogP contribution in [0.5, 0.6) is 0 Å². The van der Waals surface area contributed by atoms with E-state index in [1.807, 2.05) is 43.4 Å². The summed E-state index contributed by atoms with van der Waals surface area (Å²) in [5.41, 5.74) is 2.22. The molecule has 0 heterocycles. The van der Waals surface area contributed by atoms with Crippen LogP contribution < -0.4 is 10.6 Å². The van der Waals surface area contributed by atoms with Gasteiger partial charge in [0.2, 0.25) is 0 Å². The molecule has 0 radical (unpaired) electrons. The van der Waals surface area contributed by atoms with Gasteiger partial charge >= 0.3 is 0 Å². The van der Waals surface area contributed by atoms with E-state index in [0.717, 1.165) is 5.56 Å². The summed E-state index contributed by atoms with van der Waals surface area (Å²) in [6.45, 7) is 3.89. The predicted octanol–water partition coefficient (Wildman–Crippen LogP) is 2.86. The lowest BCUT2D eigenvalue weighted by Gasteiger charge is -2.17. The third kappa shape index (κ3) is 4.82. The average Bonchev–Trinajstić information content (AvgIpc) is 2.54. The van der Waals surface area contributed by atoms with Gasteiger partial charge in [-0.15, -0.1) is 0 Å². The maximum absolute atomic E-state index is 12.3. The molecule has 118 valence electrons. The molecule has 0 bridgehead atoms. The van der Waals surface area contributed by atoms with Gasteiger partial charge in [-0.1, -0.05) is 29.8 Å². The fraction of sp³-hybridized carbons (Fsp3) is 0.222. The van der Waals surface area contributed by atoms with Crippen LogP contribution in [0.15, 0.2) is 48.5 Å². The minimum atomic E-state index is -0.269. The molecule has 2 rings (SSSR count). The molecule has 0 spiro atoms. The third-order valence-electron chi connectivity index (χ3n) is 3.62. The number of amides is 1. The van der Waals surface area contributed by atoms with Crippen LogP contribution in [0.2, 0.25) is 5.02 Å². The van der Waals surface area contributed by atoms with Crippen LogP contribution in [0.25, 0.3) is 0 Å². The summed E-state index contributed by atoms with van der Waals surface area (Å²) in [6.07, 6.45) is 0. The first-order chi connectivity index (χ1) is 11.0. The number of quaternary nitrogens is 1. The van der Waals surface area contributed by atoms with E-state index in [0.29, 0.717) is 16.3 Å². The van der Waals surface area contributed by atoms with Crippen molar-refractivity contribution in [1.29, 1.82) is 5.26 Å². The van der Waals surface area contributed by atoms with Crippen LogP contribution >= 0.6 is 11.6 Å². The molecule has 23 heavy (non-hydrogen) atoms. The molecule has 5 heteroatoms. The number of hydrogen-bond acceptors (Lipinski definition) is 2. The van der Waals surface area contributed by atoms with E-state index in [4.69, 9.17) is 16.9 Å². The molecule has 0 fully saturated rings. The summed E-state index contributed by atoms with van der Waals surface area (Å²) in [5, 5.41) is 14.4. The molecule has 0 saturated heterocycles. The summed E-state index contributed by atoms with van der Waals surface area (Å²) < 4.78 is 0. The summed E-state index contributed by atoms with van der Waals surface area (Å²) in [7, 11) is 0. The Morgan fingerprint density at radius 3 is 2.65 bits per heavy atom. The fourth-order valence-electron chi connectivity index (χ4n) is 2.34. The minimum absolute atomic E-state index is 0.103. The largest absolute Gasteiger partial charge is 0.330 e. The van der Waals surface area contributed by atoms with E-state index in [1.54, 1.807) is 24.3 Å². The molecule has 0 aliphatic heterocycles. The molecule has 2 aromatic rings. The van der Waals surface area contributed by atoms with Crippen LogP contribution in [0.1, 0.15) is 31.0 Å². The number of nitriles is 1. The van der Waals surface area contributed by atoms with Gasteiger partial charge in [0.25, 0.3) is 5.91 Å². The second kappa shape index (κ2) is 7.77. The normalized spacial score (nSPS) is 13.0. The molecule has 0 aromatic heterocycles. The summed E-state index contributed by atoms with van der Waals surface area (Å²) in [5.74, 6) is -0.103. The highest BCUT2D eigenvalue weighted by Crippen LogP contribution is 2.15. The Balaban J connectivity index is 1.98. The van der Waals surface area contributed by atoms with Gasteiger partial charge in [0.1, 0.15) is 6.04 Å². The Bertz CT molecular complexity index is 739. The number of anilines is 1. The standard InChI is InChI=1S/C18H18ClN3O/c1-12(15-6-4-7-16(19)10-15)21-13(2)18(23)22-17-8-3-5-14(9-17)11-20/h3-10,12-13,21H,1-2H3,(H,22,23)/p+1/t12-,13+/m0/s1. The van der Waals surface area contributed by atoms with Crippen LogP contribution in [0, 0.1) is 11.3 Å². The molecular weight excluding hydrogens is 310 g/mol. The smallest absolute Gasteiger partial charge is 0.282 e. The zero-order valence-corrected chi connectivity index (χ0v) is 13.8. The van der Waals surface area contributed by atoms with Crippen LogP contribution in [-0.4, -0.2) is 11.9 Å². The van der Waals surface area contributed by atoms with Crippen molar-refractivity contribution < 1.29 is 10.1 Å². The first-order valence-corrected chi connectivity index (χ1v) is 7.79. The number of nitrogens with one attached hydrogen (secondary N) is 1. The van der Waals surface area contributed by atoms with E-state index in [2.05, 4.69) is 11.4 Å². The summed E-state index contributed by atoms with van der Waals surface area (Å²) >= 11 is 6.00. The van der Waals surface area contributed by atoms with Crippen molar-refractivity contribution in [3.63, 3.8) is 0 Å². The average molecular weight is 329 g/mol. The Morgan fingerprint density at radius 1 is 1.22 bits per heavy atom. The molecule has 0 aliphatic rings. The molecule has 1 amide bonds. The predicted molar refractivity (Wildman–Crippen MR) is 91.0 cm³/mol. The lowest BCUT2D eigenvalue weighted by Crippen LogP contribution is -2.91. The number of benzene rings is 2. The lowest BCUT2D eigenvalue weighted by atomic mass is 10.1. The van der Waals surface area contributed by atoms with E-state index in [-0.39, 0.29) is 18.0 Å². The highest BCUT2D eigenvalue weighted by Gasteiger charge is 2.20. The Kier molecular flexibility index (Phi) is 5.75. The Hall–Kier alpha value is -2.35. The van der Waals surface area contributed by atoms with Crippen LogP contribution in [0.4, 0.5) is 5.69 Å². The third-order valence-corrected chi connectivity index (χ3v) is 3.86. The van der Waals surface area contributed by atoms with Gasteiger partial charge in [-0.3, -0.25) is 4.79 Å². The Morgan fingerprint density at radius 2 is 1.96 bits per heavy atom. The number of halogens is 1. The van der Waals surface area contributed by atoms with Crippen molar-refractivity contribution in [2.75, 3.05) is 5.32 Å². The Labute approximate surface area is 141 Å². The first-order valence-electron chi connectivity index (χ1n) is 7.41. The van der Waals surface area contributed by atoms with Crippen molar-refractivity contribution in [3.05, 3.63) is 64.7 Å². The maximum atomic E-state index is 12.3. The van der Waals surface area contributed by atoms with Crippen molar-refractivity contribution in [3.8, 4) is 6.07 Å². The molecule has 0 aliphatic carbocycles. The van der Waals surface area contributed by atoms with Gasteiger partial charge in [-0.2, -0.15) is 5.26 Å². The quantitative estimate of drug-likeness (QED) is 0.886. The maximum Gasteiger partial charge on any atom is 0.282 e. The topological polar surface area (TPSA) is 69.5 Å². The molecule has 4 nitrogen and oxygen atoms in total. The molecular formula is C18H19ClN3O+. The highest BCUT2D eigenvalue weighted by molar-refractivity contribution is 6.30. The number of nitrogens with zero attached hydrogens (tertiary/aromatic N) is 1. The van der Waals surface area contributed by atoms with Crippen molar-refractivity contribution in [2.24, 2.45) is 0 Å². The van der Waals surface area contributed by atoms with Gasteiger partial charge < -0.3 is 10.6 Å². The van der Waals surface area contributed by atoms with Gasteiger partial charge in [-0.05, 0) is 44.2 Å². The minimum Gasteiger partial charge on any atom is -0.330 e. The first kappa shape index (κ1) is 17.0.